The first-order chi connectivity index (χ1) is 4.70. The molecule has 1 nitrogen and oxygen atoms in total. The molecule has 0 N–H and O–H groups in total. The second kappa shape index (κ2) is 6.05. The first-order valence-electron chi connectivity index (χ1n) is 4.02. The van der Waals surface area contributed by atoms with Gasteiger partial charge < -0.3 is 0 Å². The highest BCUT2D eigenvalue weighted by Crippen LogP contribution is 2.22. The van der Waals surface area contributed by atoms with Gasteiger partial charge in [-0.25, -0.2) is 5.11 Å². The Balaban J connectivity index is 3.39. The summed E-state index contributed by atoms with van der Waals surface area (Å²) in [4.78, 5) is 0. The van der Waals surface area contributed by atoms with E-state index in [2.05, 4.69) is 13.8 Å². The Labute approximate surface area is 68.2 Å². The average molecular weight is 161 g/mol. The van der Waals surface area contributed by atoms with Gasteiger partial charge in [-0.2, -0.15) is 0 Å². The summed E-state index contributed by atoms with van der Waals surface area (Å²) >= 11 is 1.57. The van der Waals surface area contributed by atoms with Gasteiger partial charge in [-0.3, -0.25) is 0 Å². The van der Waals surface area contributed by atoms with Crippen LogP contribution in [0.25, 0.3) is 0 Å². The predicted octanol–water partition coefficient (Wildman–Crippen LogP) is 3.07. The van der Waals surface area contributed by atoms with E-state index in [0.29, 0.717) is 5.25 Å². The molecule has 0 fully saturated rings. The summed E-state index contributed by atoms with van der Waals surface area (Å²) in [6.45, 7) is 6.04. The predicted molar refractivity (Wildman–Crippen MR) is 46.7 cm³/mol. The molecule has 2 atom stereocenters. The van der Waals surface area contributed by atoms with Crippen molar-refractivity contribution in [2.45, 2.75) is 50.7 Å². The van der Waals surface area contributed by atoms with Crippen molar-refractivity contribution in [2.75, 3.05) is 0 Å². The van der Waals surface area contributed by atoms with Gasteiger partial charge in [0.05, 0.1) is 0 Å². The normalized spacial score (nSPS) is 16.8. The van der Waals surface area contributed by atoms with E-state index < -0.39 is 5.44 Å². The third-order valence-electron chi connectivity index (χ3n) is 1.45. The van der Waals surface area contributed by atoms with Crippen LogP contribution in [-0.2, 0) is 5.11 Å². The van der Waals surface area contributed by atoms with Crippen molar-refractivity contribution in [1.29, 1.82) is 0 Å². The van der Waals surface area contributed by atoms with Crippen molar-refractivity contribution in [3.63, 3.8) is 0 Å². The maximum absolute atomic E-state index is 10.7. The van der Waals surface area contributed by atoms with Crippen LogP contribution in [0.3, 0.4) is 0 Å². The molecule has 10 heavy (non-hydrogen) atoms. The molecule has 0 aliphatic carbocycles. The van der Waals surface area contributed by atoms with E-state index >= 15 is 0 Å². The van der Waals surface area contributed by atoms with E-state index in [0.717, 1.165) is 6.42 Å². The van der Waals surface area contributed by atoms with Crippen LogP contribution in [0.1, 0.15) is 40.0 Å². The van der Waals surface area contributed by atoms with Crippen molar-refractivity contribution in [1.82, 2.24) is 0 Å². The number of hydrogen-bond donors (Lipinski definition) is 0. The van der Waals surface area contributed by atoms with E-state index in [1.165, 1.54) is 12.8 Å². The standard InChI is InChI=1S/C8H17OS/c1-4-6-8(5-2)10-7(3)9/h7-8H,4-6H2,1-3H3. The van der Waals surface area contributed by atoms with Crippen LogP contribution in [0, 0.1) is 0 Å². The quantitative estimate of drug-likeness (QED) is 0.567. The fraction of sp³-hybridized carbons (Fsp3) is 1.00. The maximum Gasteiger partial charge on any atom is 0.136 e. The van der Waals surface area contributed by atoms with Crippen LogP contribution in [0.5, 0.6) is 0 Å². The molecule has 0 amide bonds. The lowest BCUT2D eigenvalue weighted by atomic mass is 10.2. The molecule has 0 saturated carbocycles. The average Bonchev–Trinajstić information content (AvgIpc) is 1.86. The topological polar surface area (TPSA) is 19.9 Å². The Morgan fingerprint density at radius 3 is 2.30 bits per heavy atom. The van der Waals surface area contributed by atoms with Crippen LogP contribution in [0.4, 0.5) is 0 Å². The van der Waals surface area contributed by atoms with E-state index in [-0.39, 0.29) is 0 Å². The molecule has 2 heteroatoms. The van der Waals surface area contributed by atoms with Gasteiger partial charge in [0.2, 0.25) is 0 Å². The van der Waals surface area contributed by atoms with Gasteiger partial charge in [-0.05, 0) is 19.8 Å². The SMILES string of the molecule is CCCC(CC)SC(C)[O]. The molecule has 0 heterocycles. The van der Waals surface area contributed by atoms with Crippen molar-refractivity contribution in [2.24, 2.45) is 0 Å². The minimum atomic E-state index is -0.448. The van der Waals surface area contributed by atoms with E-state index in [4.69, 9.17) is 0 Å². The molecule has 0 aromatic carbocycles. The molecule has 0 aliphatic rings. The third-order valence-corrected chi connectivity index (χ3v) is 2.79. The molecule has 1 radical (unpaired) electrons. The summed E-state index contributed by atoms with van der Waals surface area (Å²) in [6, 6.07) is 0. The molecular weight excluding hydrogens is 144 g/mol. The fourth-order valence-electron chi connectivity index (χ4n) is 0.961. The van der Waals surface area contributed by atoms with Crippen LogP contribution in [0.15, 0.2) is 0 Å². The first kappa shape index (κ1) is 10.3. The number of thioether (sulfide) groups is 1. The molecule has 0 rings (SSSR count). The molecule has 2 unspecified atom stereocenters. The summed E-state index contributed by atoms with van der Waals surface area (Å²) in [5, 5.41) is 11.3. The zero-order chi connectivity index (χ0) is 7.98. The highest BCUT2D eigenvalue weighted by Gasteiger charge is 2.08. The summed E-state index contributed by atoms with van der Waals surface area (Å²) in [6.07, 6.45) is 3.51. The second-order valence-electron chi connectivity index (χ2n) is 2.52. The molecule has 61 valence electrons. The number of rotatable bonds is 5. The fourth-order valence-corrected chi connectivity index (χ4v) is 2.07. The minimum Gasteiger partial charge on any atom is -0.222 e. The Kier molecular flexibility index (Phi) is 6.24. The van der Waals surface area contributed by atoms with Gasteiger partial charge >= 0.3 is 0 Å². The summed E-state index contributed by atoms with van der Waals surface area (Å²) in [7, 11) is 0. The molecule has 0 aromatic heterocycles. The second-order valence-corrected chi connectivity index (χ2v) is 4.13. The van der Waals surface area contributed by atoms with E-state index in [1.54, 1.807) is 18.7 Å². The molecule has 0 aliphatic heterocycles. The highest BCUT2D eigenvalue weighted by atomic mass is 32.2. The third kappa shape index (κ3) is 5.12. The molecular formula is C8H17OS. The first-order valence-corrected chi connectivity index (χ1v) is 4.96. The largest absolute Gasteiger partial charge is 0.222 e. The van der Waals surface area contributed by atoms with Crippen molar-refractivity contribution in [3.8, 4) is 0 Å². The smallest absolute Gasteiger partial charge is 0.136 e. The van der Waals surface area contributed by atoms with Crippen molar-refractivity contribution in [3.05, 3.63) is 0 Å². The zero-order valence-electron chi connectivity index (χ0n) is 7.09. The Morgan fingerprint density at radius 2 is 2.00 bits per heavy atom. The van der Waals surface area contributed by atoms with Crippen LogP contribution in [-0.4, -0.2) is 10.7 Å². The monoisotopic (exact) mass is 161 g/mol. The van der Waals surface area contributed by atoms with E-state index in [1.807, 2.05) is 0 Å². The molecule has 0 spiro atoms. The van der Waals surface area contributed by atoms with Gasteiger partial charge in [-0.1, -0.05) is 20.3 Å². The Morgan fingerprint density at radius 1 is 1.40 bits per heavy atom. The highest BCUT2D eigenvalue weighted by molar-refractivity contribution is 8.00. The van der Waals surface area contributed by atoms with Gasteiger partial charge in [0.1, 0.15) is 5.44 Å². The lowest BCUT2D eigenvalue weighted by Gasteiger charge is -2.13. The van der Waals surface area contributed by atoms with Crippen LogP contribution < -0.4 is 0 Å². The lowest BCUT2D eigenvalue weighted by molar-refractivity contribution is 0.180. The van der Waals surface area contributed by atoms with Gasteiger partial charge in [0, 0.05) is 5.25 Å². The minimum absolute atomic E-state index is 0.448. The molecule has 0 bridgehead atoms. The molecule has 0 saturated heterocycles. The van der Waals surface area contributed by atoms with E-state index in [9.17, 15) is 5.11 Å². The van der Waals surface area contributed by atoms with Crippen molar-refractivity contribution < 1.29 is 5.11 Å². The van der Waals surface area contributed by atoms with Crippen molar-refractivity contribution >= 4 is 11.8 Å². The number of hydrogen-bond acceptors (Lipinski definition) is 1. The van der Waals surface area contributed by atoms with Gasteiger partial charge in [-0.15, -0.1) is 11.8 Å². The summed E-state index contributed by atoms with van der Waals surface area (Å²) in [5.74, 6) is 0. The van der Waals surface area contributed by atoms with Crippen LogP contribution in [0.2, 0.25) is 0 Å². The van der Waals surface area contributed by atoms with Crippen LogP contribution >= 0.6 is 11.8 Å². The summed E-state index contributed by atoms with van der Waals surface area (Å²) in [5.41, 5.74) is -0.448. The van der Waals surface area contributed by atoms with Gasteiger partial charge in [0.25, 0.3) is 0 Å². The lowest BCUT2D eigenvalue weighted by Crippen LogP contribution is -2.05. The maximum atomic E-state index is 10.7. The van der Waals surface area contributed by atoms with Gasteiger partial charge in [0.15, 0.2) is 0 Å². The zero-order valence-corrected chi connectivity index (χ0v) is 7.91. The Bertz CT molecular complexity index is 73.7. The Hall–Kier alpha value is 0.310. The molecule has 0 aromatic rings. The summed E-state index contributed by atoms with van der Waals surface area (Å²) < 4.78 is 0.